The van der Waals surface area contributed by atoms with Crippen LogP contribution in [-0.2, 0) is 4.79 Å². The highest BCUT2D eigenvalue weighted by molar-refractivity contribution is 7.12. The highest BCUT2D eigenvalue weighted by Crippen LogP contribution is 2.33. The van der Waals surface area contributed by atoms with Crippen molar-refractivity contribution in [1.82, 2.24) is 4.98 Å². The Morgan fingerprint density at radius 1 is 1.13 bits per heavy atom. The average Bonchev–Trinajstić information content (AvgIpc) is 3.28. The second-order valence-corrected chi connectivity index (χ2v) is 7.89. The summed E-state index contributed by atoms with van der Waals surface area (Å²) in [4.78, 5) is 29.5. The molecule has 1 amide bonds. The molecular weight excluding hydrogens is 396 g/mol. The minimum Gasteiger partial charge on any atom is -0.477 e. The Morgan fingerprint density at radius 3 is 2.73 bits per heavy atom. The molecule has 1 N–H and O–H groups in total. The maximum Gasteiger partial charge on any atom is 0.345 e. The largest absolute Gasteiger partial charge is 0.477 e. The lowest BCUT2D eigenvalue weighted by atomic mass is 9.97. The van der Waals surface area contributed by atoms with Crippen molar-refractivity contribution in [2.24, 2.45) is 0 Å². The number of carbonyl (C=O) groups excluding carboxylic acids is 1. The molecule has 0 saturated heterocycles. The molecule has 0 aliphatic carbocycles. The van der Waals surface area contributed by atoms with Crippen molar-refractivity contribution in [3.8, 4) is 11.1 Å². The van der Waals surface area contributed by atoms with Crippen LogP contribution in [0.4, 0.5) is 5.69 Å². The van der Waals surface area contributed by atoms with Crippen LogP contribution in [-0.4, -0.2) is 22.5 Å². The van der Waals surface area contributed by atoms with E-state index in [1.807, 2.05) is 60.8 Å². The monoisotopic (exact) mass is 416 g/mol. The van der Waals surface area contributed by atoms with E-state index in [-0.39, 0.29) is 6.04 Å². The van der Waals surface area contributed by atoms with E-state index in [9.17, 15) is 14.7 Å². The number of aromatic carboxylic acids is 1. The van der Waals surface area contributed by atoms with Gasteiger partial charge in [-0.3, -0.25) is 9.78 Å². The van der Waals surface area contributed by atoms with Gasteiger partial charge in [0, 0.05) is 23.5 Å². The maximum absolute atomic E-state index is 12.1. The number of carboxylic acids is 1. The van der Waals surface area contributed by atoms with Crippen LogP contribution in [0.5, 0.6) is 0 Å². The van der Waals surface area contributed by atoms with Crippen molar-refractivity contribution >= 4 is 40.2 Å². The summed E-state index contributed by atoms with van der Waals surface area (Å²) in [7, 11) is 0. The topological polar surface area (TPSA) is 70.5 Å². The first-order chi connectivity index (χ1) is 14.6. The van der Waals surface area contributed by atoms with Gasteiger partial charge in [-0.25, -0.2) is 4.79 Å². The quantitative estimate of drug-likeness (QED) is 0.388. The van der Waals surface area contributed by atoms with Gasteiger partial charge in [-0.2, -0.15) is 0 Å². The molecule has 2 aromatic carbocycles. The lowest BCUT2D eigenvalue weighted by Crippen LogP contribution is -2.26. The average molecular weight is 417 g/mol. The second-order valence-electron chi connectivity index (χ2n) is 6.97. The molecule has 0 spiro atoms. The van der Waals surface area contributed by atoms with Gasteiger partial charge < -0.3 is 10.0 Å². The van der Waals surface area contributed by atoms with E-state index < -0.39 is 5.97 Å². The van der Waals surface area contributed by atoms with Crippen molar-refractivity contribution in [2.75, 3.05) is 4.90 Å². The lowest BCUT2D eigenvalue weighted by molar-refractivity contribution is -0.107. The summed E-state index contributed by atoms with van der Waals surface area (Å²) in [6, 6.07) is 17.3. The molecule has 30 heavy (non-hydrogen) atoms. The van der Waals surface area contributed by atoms with Crippen molar-refractivity contribution < 1.29 is 14.7 Å². The number of hydrogen-bond acceptors (Lipinski definition) is 4. The molecule has 0 aliphatic heterocycles. The van der Waals surface area contributed by atoms with Crippen molar-refractivity contribution in [1.29, 1.82) is 0 Å². The van der Waals surface area contributed by atoms with E-state index in [1.165, 1.54) is 11.3 Å². The van der Waals surface area contributed by atoms with Crippen molar-refractivity contribution in [3.63, 3.8) is 0 Å². The predicted octanol–water partition coefficient (Wildman–Crippen LogP) is 5.78. The Hall–Kier alpha value is -3.51. The van der Waals surface area contributed by atoms with Crippen molar-refractivity contribution in [2.45, 2.75) is 19.4 Å². The molecule has 0 fully saturated rings. The minimum absolute atomic E-state index is 0.140. The summed E-state index contributed by atoms with van der Waals surface area (Å²) in [5.74, 6) is -0.924. The number of thiophene rings is 1. The van der Waals surface area contributed by atoms with Crippen molar-refractivity contribution in [3.05, 3.63) is 82.8 Å². The number of benzene rings is 2. The Morgan fingerprint density at radius 2 is 2.00 bits per heavy atom. The van der Waals surface area contributed by atoms with Gasteiger partial charge >= 0.3 is 5.97 Å². The third-order valence-corrected chi connectivity index (χ3v) is 6.09. The van der Waals surface area contributed by atoms with E-state index in [1.54, 1.807) is 23.4 Å². The number of carbonyl (C=O) groups is 2. The first-order valence-electron chi connectivity index (χ1n) is 9.60. The van der Waals surface area contributed by atoms with Gasteiger partial charge in [0.2, 0.25) is 6.41 Å². The third kappa shape index (κ3) is 3.82. The van der Waals surface area contributed by atoms with Crippen LogP contribution in [0.1, 0.15) is 34.6 Å². The van der Waals surface area contributed by atoms with Gasteiger partial charge in [0.1, 0.15) is 4.88 Å². The van der Waals surface area contributed by atoms with Crippen LogP contribution in [0.25, 0.3) is 21.9 Å². The smallest absolute Gasteiger partial charge is 0.345 e. The van der Waals surface area contributed by atoms with Gasteiger partial charge in [-0.05, 0) is 64.2 Å². The summed E-state index contributed by atoms with van der Waals surface area (Å²) >= 11 is 1.21. The molecule has 1 unspecified atom stereocenters. The Bertz CT molecular complexity index is 1220. The number of anilines is 1. The Balaban J connectivity index is 1.70. The summed E-state index contributed by atoms with van der Waals surface area (Å²) < 4.78 is 0. The number of aromatic nitrogens is 1. The molecule has 5 nitrogen and oxygen atoms in total. The standard InChI is InChI=1S/C24H20N2O3S/c1-2-22(26(15-27)21-7-6-19-13-25-9-8-17(19)11-21)18-5-3-4-16(10-18)20-12-23(24(28)29)30-14-20/h3-15,22H,2H2,1H3,(H,28,29). The number of pyridine rings is 1. The molecule has 6 heteroatoms. The SMILES string of the molecule is CCC(c1cccc(-c2csc(C(=O)O)c2)c1)N(C=O)c1ccc2cnccc2c1. The molecule has 0 bridgehead atoms. The lowest BCUT2D eigenvalue weighted by Gasteiger charge is -2.28. The number of rotatable bonds is 7. The molecular formula is C24H20N2O3S. The van der Waals surface area contributed by atoms with Crippen LogP contribution in [0.15, 0.2) is 72.4 Å². The molecule has 2 aromatic heterocycles. The van der Waals surface area contributed by atoms with Crippen LogP contribution < -0.4 is 4.90 Å². The van der Waals surface area contributed by atoms with E-state index in [2.05, 4.69) is 4.98 Å². The molecule has 0 saturated carbocycles. The predicted molar refractivity (Wildman–Crippen MR) is 120 cm³/mol. The molecule has 150 valence electrons. The van der Waals surface area contributed by atoms with Gasteiger partial charge in [-0.15, -0.1) is 11.3 Å². The van der Waals surface area contributed by atoms with E-state index in [0.717, 1.165) is 46.0 Å². The van der Waals surface area contributed by atoms with Gasteiger partial charge in [0.05, 0.1) is 6.04 Å². The summed E-state index contributed by atoms with van der Waals surface area (Å²) in [6.07, 6.45) is 5.15. The zero-order chi connectivity index (χ0) is 21.1. The highest BCUT2D eigenvalue weighted by atomic mass is 32.1. The zero-order valence-electron chi connectivity index (χ0n) is 16.4. The van der Waals surface area contributed by atoms with E-state index in [4.69, 9.17) is 0 Å². The molecule has 1 atom stereocenters. The first-order valence-corrected chi connectivity index (χ1v) is 10.5. The van der Waals surface area contributed by atoms with Gasteiger partial charge in [0.15, 0.2) is 0 Å². The fourth-order valence-electron chi connectivity index (χ4n) is 3.66. The Kier molecular flexibility index (Phi) is 5.59. The highest BCUT2D eigenvalue weighted by Gasteiger charge is 2.20. The zero-order valence-corrected chi connectivity index (χ0v) is 17.2. The van der Waals surface area contributed by atoms with Crippen LogP contribution in [0, 0.1) is 0 Å². The van der Waals surface area contributed by atoms with Crippen LogP contribution >= 0.6 is 11.3 Å². The number of hydrogen-bond donors (Lipinski definition) is 1. The number of carboxylic acid groups (broad SMARTS) is 1. The molecule has 0 aliphatic rings. The minimum atomic E-state index is -0.924. The molecule has 0 radical (unpaired) electrons. The summed E-state index contributed by atoms with van der Waals surface area (Å²) in [5.41, 5.74) is 3.62. The second kappa shape index (κ2) is 8.47. The van der Waals surface area contributed by atoms with Crippen LogP contribution in [0.2, 0.25) is 0 Å². The van der Waals surface area contributed by atoms with E-state index >= 15 is 0 Å². The summed E-state index contributed by atoms with van der Waals surface area (Å²) in [6.45, 7) is 2.05. The molecule has 4 rings (SSSR count). The Labute approximate surface area is 178 Å². The van der Waals surface area contributed by atoms with E-state index in [0.29, 0.717) is 4.88 Å². The fraction of sp³-hybridized carbons (Fsp3) is 0.125. The third-order valence-electron chi connectivity index (χ3n) is 5.17. The van der Waals surface area contributed by atoms with Gasteiger partial charge in [0.25, 0.3) is 0 Å². The van der Waals surface area contributed by atoms with Crippen LogP contribution in [0.3, 0.4) is 0 Å². The number of nitrogens with zero attached hydrogens (tertiary/aromatic N) is 2. The normalized spacial score (nSPS) is 11.9. The maximum atomic E-state index is 12.1. The van der Waals surface area contributed by atoms with Gasteiger partial charge in [-0.1, -0.05) is 31.2 Å². The molecule has 4 aromatic rings. The summed E-state index contributed by atoms with van der Waals surface area (Å²) in [5, 5.41) is 13.1. The number of fused-ring (bicyclic) bond motifs is 1. The molecule has 2 heterocycles. The fourth-order valence-corrected chi connectivity index (χ4v) is 4.42. The first kappa shape index (κ1) is 19.8. The number of amides is 1.